The lowest BCUT2D eigenvalue weighted by Gasteiger charge is -2.46. The fourth-order valence-corrected chi connectivity index (χ4v) is 7.99. The minimum atomic E-state index is -2.15. The van der Waals surface area contributed by atoms with Crippen LogP contribution in [-0.2, 0) is 31.8 Å². The predicted octanol–water partition coefficient (Wildman–Crippen LogP) is 4.73. The molecule has 2 aromatic carbocycles. The van der Waals surface area contributed by atoms with Gasteiger partial charge in [-0.05, 0) is 97.7 Å². The minimum Gasteiger partial charge on any atom is -0.490 e. The van der Waals surface area contributed by atoms with Crippen molar-refractivity contribution in [1.82, 2.24) is 4.90 Å². The number of benzene rings is 2. The Hall–Kier alpha value is -3.07. The first-order chi connectivity index (χ1) is 21.1. The number of carbonyl (C=O) groups excluding carboxylic acids is 2. The van der Waals surface area contributed by atoms with Crippen LogP contribution in [0, 0.1) is 11.8 Å². The van der Waals surface area contributed by atoms with E-state index in [0.717, 1.165) is 62.2 Å². The molecule has 2 amide bonds. The highest BCUT2D eigenvalue weighted by Crippen LogP contribution is 2.47. The maximum atomic E-state index is 13.2. The Morgan fingerprint density at radius 1 is 1.18 bits per heavy atom. The van der Waals surface area contributed by atoms with Gasteiger partial charge >= 0.3 is 0 Å². The van der Waals surface area contributed by atoms with E-state index >= 15 is 0 Å². The van der Waals surface area contributed by atoms with Gasteiger partial charge in [-0.1, -0.05) is 35.9 Å². The van der Waals surface area contributed by atoms with Gasteiger partial charge in [0.2, 0.25) is 5.91 Å². The number of ether oxygens (including phenoxy) is 2. The third-order valence-electron chi connectivity index (χ3n) is 10.6. The van der Waals surface area contributed by atoms with Gasteiger partial charge < -0.3 is 30.1 Å². The number of hydrogen-bond donors (Lipinski definition) is 2. The second-order valence-corrected chi connectivity index (χ2v) is 13.7. The Kier molecular flexibility index (Phi) is 8.70. The lowest BCUT2D eigenvalue weighted by atomic mass is 9.68. The van der Waals surface area contributed by atoms with Gasteiger partial charge in [0.25, 0.3) is 5.91 Å². The fourth-order valence-electron chi connectivity index (χ4n) is 7.79. The molecule has 4 aliphatic rings. The maximum Gasteiger partial charge on any atom is 0.254 e. The standard InChI is InChI=1S/C35H44ClN3O5/c1-38-16-5-3-4-8-30(43-2)27-12-9-24(27)20-39-21-34(15-6-7-23-17-26(36)11-13-28(23)34)22-44-31-14-10-25(18-29(31)39)35(42,33(37)41)19-32(38)40/h4,8,10-11,13-14,17-18,24,27,30,42H,3,5-7,9,12,15-16,19-22H2,1-2H3,(H2,37,41)/b8-4+/t24-,27+,30-,34-,35+/m0/s1. The molecule has 0 aromatic heterocycles. The number of aryl methyl sites for hydroxylation is 1. The minimum absolute atomic E-state index is 0.0179. The molecule has 2 aliphatic heterocycles. The zero-order chi connectivity index (χ0) is 31.1. The van der Waals surface area contributed by atoms with E-state index in [-0.39, 0.29) is 17.4 Å². The molecule has 1 spiro atoms. The highest BCUT2D eigenvalue weighted by atomic mass is 35.5. The summed E-state index contributed by atoms with van der Waals surface area (Å²) in [6.07, 6.45) is 10.7. The Bertz CT molecular complexity index is 1450. The van der Waals surface area contributed by atoms with Crippen LogP contribution < -0.4 is 15.4 Å². The first kappa shape index (κ1) is 30.9. The number of carbonyl (C=O) groups is 2. The van der Waals surface area contributed by atoms with Crippen molar-refractivity contribution in [2.75, 3.05) is 45.3 Å². The number of anilines is 1. The third kappa shape index (κ3) is 5.72. The van der Waals surface area contributed by atoms with E-state index < -0.39 is 17.9 Å². The molecule has 0 saturated heterocycles. The third-order valence-corrected chi connectivity index (χ3v) is 10.8. The van der Waals surface area contributed by atoms with Gasteiger partial charge in [0, 0.05) is 44.2 Å². The van der Waals surface area contributed by atoms with E-state index in [1.165, 1.54) is 11.1 Å². The number of methoxy groups -OCH3 is 1. The van der Waals surface area contributed by atoms with Gasteiger partial charge in [-0.25, -0.2) is 0 Å². The van der Waals surface area contributed by atoms with Gasteiger partial charge in [0.05, 0.1) is 24.8 Å². The average Bonchev–Trinajstić information content (AvgIpc) is 3.14. The van der Waals surface area contributed by atoms with Crippen molar-refractivity contribution in [2.24, 2.45) is 17.6 Å². The average molecular weight is 622 g/mol. The number of primary amides is 1. The SMILES string of the molecule is CO[C@H]1/C=C/CCCN(C)C(=O)C[C@](O)(C(N)=O)c2ccc3c(c2)N(C[C@@H]2CC[C@H]21)C[C@@]1(CCCc2cc(Cl)ccc21)CO3. The van der Waals surface area contributed by atoms with Crippen LogP contribution in [0.25, 0.3) is 0 Å². The Labute approximate surface area is 265 Å². The molecule has 3 N–H and O–H groups in total. The van der Waals surface area contributed by atoms with Crippen LogP contribution >= 0.6 is 11.6 Å². The number of aliphatic hydroxyl groups is 1. The number of fused-ring (bicyclic) bond motifs is 4. The monoisotopic (exact) mass is 621 g/mol. The molecule has 236 valence electrons. The van der Waals surface area contributed by atoms with E-state index in [9.17, 15) is 14.7 Å². The molecular weight excluding hydrogens is 578 g/mol. The van der Waals surface area contributed by atoms with Crippen LogP contribution in [0.1, 0.15) is 61.6 Å². The summed E-state index contributed by atoms with van der Waals surface area (Å²) in [5.41, 5.74) is 7.06. The summed E-state index contributed by atoms with van der Waals surface area (Å²) in [6, 6.07) is 11.5. The van der Waals surface area contributed by atoms with Gasteiger partial charge in [0.15, 0.2) is 5.60 Å². The number of rotatable bonds is 2. The van der Waals surface area contributed by atoms with Gasteiger partial charge in [0.1, 0.15) is 5.75 Å². The zero-order valence-corrected chi connectivity index (χ0v) is 26.5. The van der Waals surface area contributed by atoms with Crippen molar-refractivity contribution < 1.29 is 24.2 Å². The summed E-state index contributed by atoms with van der Waals surface area (Å²) in [5.74, 6) is 0.175. The van der Waals surface area contributed by atoms with Crippen LogP contribution in [0.15, 0.2) is 48.6 Å². The van der Waals surface area contributed by atoms with E-state index in [2.05, 4.69) is 29.2 Å². The van der Waals surface area contributed by atoms with Crippen LogP contribution in [0.2, 0.25) is 5.02 Å². The number of allylic oxidation sites excluding steroid dienone is 1. The Morgan fingerprint density at radius 2 is 2.02 bits per heavy atom. The van der Waals surface area contributed by atoms with Crippen molar-refractivity contribution in [2.45, 2.75) is 68.5 Å². The molecule has 2 aliphatic carbocycles. The van der Waals surface area contributed by atoms with Crippen molar-refractivity contribution in [3.05, 3.63) is 70.3 Å². The molecule has 8 nitrogen and oxygen atoms in total. The molecule has 5 atom stereocenters. The van der Waals surface area contributed by atoms with Gasteiger partial charge in [-0.15, -0.1) is 0 Å². The molecule has 9 heteroatoms. The second kappa shape index (κ2) is 12.4. The molecule has 2 bridgehead atoms. The highest BCUT2D eigenvalue weighted by molar-refractivity contribution is 6.30. The molecule has 0 unspecified atom stereocenters. The summed E-state index contributed by atoms with van der Waals surface area (Å²) in [5, 5.41) is 12.5. The molecule has 1 fully saturated rings. The van der Waals surface area contributed by atoms with Crippen LogP contribution in [0.5, 0.6) is 5.75 Å². The largest absolute Gasteiger partial charge is 0.490 e. The first-order valence-corrected chi connectivity index (χ1v) is 16.3. The van der Waals surface area contributed by atoms with Crippen molar-refractivity contribution in [3.63, 3.8) is 0 Å². The van der Waals surface area contributed by atoms with Gasteiger partial charge in [-0.2, -0.15) is 0 Å². The quantitative estimate of drug-likeness (QED) is 0.470. The van der Waals surface area contributed by atoms with Crippen molar-refractivity contribution in [3.8, 4) is 5.75 Å². The maximum absolute atomic E-state index is 13.2. The summed E-state index contributed by atoms with van der Waals surface area (Å²) in [7, 11) is 3.48. The van der Waals surface area contributed by atoms with Crippen LogP contribution in [-0.4, -0.2) is 68.3 Å². The topological polar surface area (TPSA) is 105 Å². The Balaban J connectivity index is 1.45. The van der Waals surface area contributed by atoms with E-state index in [0.29, 0.717) is 42.8 Å². The number of nitrogens with two attached hydrogens (primary N) is 1. The van der Waals surface area contributed by atoms with E-state index in [4.69, 9.17) is 26.8 Å². The molecule has 2 aromatic rings. The summed E-state index contributed by atoms with van der Waals surface area (Å²) in [6.45, 7) is 2.50. The van der Waals surface area contributed by atoms with Crippen molar-refractivity contribution in [1.29, 1.82) is 0 Å². The molecule has 6 rings (SSSR count). The molecular formula is C35H44ClN3O5. The van der Waals surface area contributed by atoms with Crippen LogP contribution in [0.4, 0.5) is 5.69 Å². The number of hydrogen-bond acceptors (Lipinski definition) is 6. The second-order valence-electron chi connectivity index (χ2n) is 13.3. The number of halogens is 1. The van der Waals surface area contributed by atoms with Gasteiger partial charge in [-0.3, -0.25) is 9.59 Å². The number of amides is 2. The molecule has 0 radical (unpaired) electrons. The summed E-state index contributed by atoms with van der Waals surface area (Å²) in [4.78, 5) is 30.0. The lowest BCUT2D eigenvalue weighted by Crippen LogP contribution is -2.49. The Morgan fingerprint density at radius 3 is 2.77 bits per heavy atom. The fraction of sp³-hybridized carbons (Fsp3) is 0.543. The smallest absolute Gasteiger partial charge is 0.254 e. The summed E-state index contributed by atoms with van der Waals surface area (Å²) >= 11 is 6.43. The molecule has 1 saturated carbocycles. The lowest BCUT2D eigenvalue weighted by molar-refractivity contribution is -0.147. The number of nitrogens with zero attached hydrogens (tertiary/aromatic N) is 2. The molecule has 44 heavy (non-hydrogen) atoms. The normalized spacial score (nSPS) is 31.5. The van der Waals surface area contributed by atoms with E-state index in [1.54, 1.807) is 25.1 Å². The predicted molar refractivity (Wildman–Crippen MR) is 171 cm³/mol. The van der Waals surface area contributed by atoms with E-state index in [1.807, 2.05) is 18.2 Å². The first-order valence-electron chi connectivity index (χ1n) is 15.9. The molecule has 2 heterocycles. The summed E-state index contributed by atoms with van der Waals surface area (Å²) < 4.78 is 12.6. The van der Waals surface area contributed by atoms with Crippen molar-refractivity contribution >= 4 is 29.1 Å². The highest BCUT2D eigenvalue weighted by Gasteiger charge is 2.46. The zero-order valence-electron chi connectivity index (χ0n) is 25.8. The van der Waals surface area contributed by atoms with Crippen LogP contribution in [0.3, 0.4) is 0 Å².